The van der Waals surface area contributed by atoms with Crippen molar-refractivity contribution in [3.05, 3.63) is 26.9 Å². The predicted molar refractivity (Wildman–Crippen MR) is 112 cm³/mol. The molecule has 0 bridgehead atoms. The second-order valence-corrected chi connectivity index (χ2v) is 9.98. The van der Waals surface area contributed by atoms with Gasteiger partial charge in [0.2, 0.25) is 0 Å². The van der Waals surface area contributed by atoms with Crippen LogP contribution in [0.3, 0.4) is 0 Å². The zero-order valence-corrected chi connectivity index (χ0v) is 18.1. The minimum absolute atomic E-state index is 0.229. The lowest BCUT2D eigenvalue weighted by atomic mass is 10.1. The Bertz CT molecular complexity index is 940. The Labute approximate surface area is 171 Å². The van der Waals surface area contributed by atoms with E-state index in [0.717, 1.165) is 25.4 Å². The topological polar surface area (TPSA) is 41.4 Å². The summed E-state index contributed by atoms with van der Waals surface area (Å²) in [6.07, 6.45) is 0. The number of hydrogen-bond donors (Lipinski definition) is 0. The zero-order chi connectivity index (χ0) is 17.9. The van der Waals surface area contributed by atoms with E-state index in [4.69, 9.17) is 11.6 Å². The molecule has 0 saturated carbocycles. The summed E-state index contributed by atoms with van der Waals surface area (Å²) in [6.45, 7) is 4.17. The highest BCUT2D eigenvalue weighted by Crippen LogP contribution is 2.47. The van der Waals surface area contributed by atoms with Crippen molar-refractivity contribution in [2.45, 2.75) is 17.9 Å². The van der Waals surface area contributed by atoms with Crippen molar-refractivity contribution in [1.82, 2.24) is 12.7 Å². The number of likely N-dealkylation sites (N-methyl/N-ethyl adjacent to an activating group) is 1. The van der Waals surface area contributed by atoms with Crippen LogP contribution in [0.2, 0.25) is 5.02 Å². The lowest BCUT2D eigenvalue weighted by Gasteiger charge is -2.42. The van der Waals surface area contributed by atoms with Crippen molar-refractivity contribution in [2.75, 3.05) is 37.3 Å². The first-order valence-corrected chi connectivity index (χ1v) is 11.4. The molecule has 0 amide bonds. The molecule has 134 valence electrons. The first-order valence-electron chi connectivity index (χ1n) is 7.75. The number of fused-ring (bicyclic) bond motifs is 2. The van der Waals surface area contributed by atoms with Gasteiger partial charge in [-0.1, -0.05) is 33.2 Å². The number of piperazine rings is 1. The van der Waals surface area contributed by atoms with Gasteiger partial charge in [0.15, 0.2) is 0 Å². The van der Waals surface area contributed by atoms with Gasteiger partial charge in [0, 0.05) is 31.0 Å². The minimum atomic E-state index is -0.377. The monoisotopic (exact) mass is 512 g/mol. The number of aromatic nitrogens is 2. The van der Waals surface area contributed by atoms with E-state index in [1.54, 1.807) is 17.7 Å². The highest BCUT2D eigenvalue weighted by Gasteiger charge is 2.33. The van der Waals surface area contributed by atoms with Crippen molar-refractivity contribution in [1.29, 1.82) is 0 Å². The van der Waals surface area contributed by atoms with E-state index < -0.39 is 0 Å². The van der Waals surface area contributed by atoms with E-state index in [0.29, 0.717) is 27.2 Å². The van der Waals surface area contributed by atoms with Gasteiger partial charge in [-0.15, -0.1) is 0 Å². The van der Waals surface area contributed by atoms with Crippen molar-refractivity contribution < 1.29 is 4.39 Å². The molecule has 1 atom stereocenters. The van der Waals surface area contributed by atoms with Crippen molar-refractivity contribution >= 4 is 72.8 Å². The van der Waals surface area contributed by atoms with Crippen molar-refractivity contribution in [3.63, 3.8) is 0 Å². The minimum Gasteiger partial charge on any atom is -0.349 e. The van der Waals surface area contributed by atoms with Crippen LogP contribution in [0.15, 0.2) is 9.69 Å². The molecule has 2 aromatic rings. The van der Waals surface area contributed by atoms with Gasteiger partial charge >= 0.3 is 5.69 Å². The summed E-state index contributed by atoms with van der Waals surface area (Å²) in [4.78, 5) is 21.7. The van der Waals surface area contributed by atoms with E-state index >= 15 is 0 Å². The van der Waals surface area contributed by atoms with Crippen molar-refractivity contribution in [2.24, 2.45) is 0 Å². The van der Waals surface area contributed by atoms with Crippen molar-refractivity contribution in [3.8, 4) is 0 Å². The third-order valence-electron chi connectivity index (χ3n) is 4.68. The van der Waals surface area contributed by atoms with Crippen LogP contribution in [0.5, 0.6) is 0 Å². The maximum Gasteiger partial charge on any atom is 0.359 e. The molecule has 0 aliphatic carbocycles. The number of nitrogens with zero attached hydrogens (tertiary/aromatic N) is 4. The molecule has 4 rings (SSSR count). The van der Waals surface area contributed by atoms with Crippen LogP contribution in [0, 0.1) is 12.7 Å². The fraction of sp³-hybridized carbons (Fsp3) is 0.467. The summed E-state index contributed by atoms with van der Waals surface area (Å²) >= 11 is 8.35. The molecular weight excluding hydrogens is 498 g/mol. The molecule has 2 aliphatic rings. The van der Waals surface area contributed by atoms with E-state index in [-0.39, 0.29) is 22.6 Å². The van der Waals surface area contributed by atoms with Gasteiger partial charge in [0.1, 0.15) is 11.6 Å². The van der Waals surface area contributed by atoms with Crippen LogP contribution in [-0.2, 0) is 0 Å². The van der Waals surface area contributed by atoms with Gasteiger partial charge in [0.05, 0.1) is 49.7 Å². The first kappa shape index (κ1) is 18.1. The fourth-order valence-electron chi connectivity index (χ4n) is 3.34. The van der Waals surface area contributed by atoms with E-state index in [1.807, 2.05) is 22.9 Å². The average molecular weight is 513 g/mol. The summed E-state index contributed by atoms with van der Waals surface area (Å²) in [5, 5.41) is 0.928. The Morgan fingerprint density at radius 1 is 1.40 bits per heavy atom. The maximum atomic E-state index is 15.0. The maximum absolute atomic E-state index is 15.0. The van der Waals surface area contributed by atoms with Gasteiger partial charge in [-0.2, -0.15) is 4.98 Å². The van der Waals surface area contributed by atoms with Gasteiger partial charge in [0.25, 0.3) is 0 Å². The Kier molecular flexibility index (Phi) is 4.89. The third-order valence-corrected chi connectivity index (χ3v) is 8.49. The summed E-state index contributed by atoms with van der Waals surface area (Å²) in [5.41, 5.74) is 0.548. The molecule has 2 aliphatic heterocycles. The molecule has 1 fully saturated rings. The van der Waals surface area contributed by atoms with Crippen LogP contribution in [-0.4, -0.2) is 51.1 Å². The van der Waals surface area contributed by atoms with E-state index in [9.17, 15) is 9.18 Å². The third kappa shape index (κ3) is 2.86. The molecular formula is C15H15ClFIN4OS2. The smallest absolute Gasteiger partial charge is 0.349 e. The van der Waals surface area contributed by atoms with E-state index in [1.165, 1.54) is 13.6 Å². The average Bonchev–Trinajstić information content (AvgIpc) is 2.57. The predicted octanol–water partition coefficient (Wildman–Crippen LogP) is 3.57. The summed E-state index contributed by atoms with van der Waals surface area (Å²) in [5.74, 6) is 1.08. The SMILES string of the molecule is Cc1c(F)c2c3c(nc(=O)n(I)c3c1Cl)N1CCN(C)CC1CSS2. The first-order chi connectivity index (χ1) is 11.9. The Morgan fingerprint density at radius 2 is 2.16 bits per heavy atom. The zero-order valence-electron chi connectivity index (χ0n) is 13.6. The summed E-state index contributed by atoms with van der Waals surface area (Å²) in [6, 6.07) is 0.229. The fourth-order valence-corrected chi connectivity index (χ4v) is 6.96. The van der Waals surface area contributed by atoms with Gasteiger partial charge in [-0.3, -0.25) is 0 Å². The molecule has 1 aromatic carbocycles. The standard InChI is InChI=1S/C15H15ClFIN4OS2/c1-7-10(16)12-9-13(11(7)17)25-24-6-8-5-20(2)3-4-21(8)14(9)19-15(23)22(12)18/h8H,3-6H2,1-2H3. The number of anilines is 1. The molecule has 5 nitrogen and oxygen atoms in total. The molecule has 1 aromatic heterocycles. The Balaban J connectivity index is 2.10. The largest absolute Gasteiger partial charge is 0.359 e. The van der Waals surface area contributed by atoms with E-state index in [2.05, 4.69) is 21.8 Å². The molecule has 25 heavy (non-hydrogen) atoms. The van der Waals surface area contributed by atoms with Crippen LogP contribution < -0.4 is 10.6 Å². The number of hydrogen-bond acceptors (Lipinski definition) is 6. The van der Waals surface area contributed by atoms with Gasteiger partial charge < -0.3 is 9.80 Å². The van der Waals surface area contributed by atoms with Gasteiger partial charge in [-0.05, 0) is 14.0 Å². The number of rotatable bonds is 0. The number of benzene rings is 1. The van der Waals surface area contributed by atoms with Crippen LogP contribution in [0.1, 0.15) is 5.56 Å². The second kappa shape index (κ2) is 6.74. The lowest BCUT2D eigenvalue weighted by Crippen LogP contribution is -2.54. The molecule has 0 N–H and O–H groups in total. The Morgan fingerprint density at radius 3 is 2.92 bits per heavy atom. The second-order valence-electron chi connectivity index (χ2n) is 6.28. The number of halogens is 3. The molecule has 1 unspecified atom stereocenters. The molecule has 3 heterocycles. The summed E-state index contributed by atoms with van der Waals surface area (Å²) in [7, 11) is 5.15. The molecule has 0 spiro atoms. The lowest BCUT2D eigenvalue weighted by molar-refractivity contribution is 0.277. The quantitative estimate of drug-likeness (QED) is 0.397. The highest BCUT2D eigenvalue weighted by atomic mass is 127. The van der Waals surface area contributed by atoms with Gasteiger partial charge in [-0.25, -0.2) is 12.0 Å². The van der Waals surface area contributed by atoms with Crippen LogP contribution >= 0.6 is 56.1 Å². The summed E-state index contributed by atoms with van der Waals surface area (Å²) < 4.78 is 16.4. The van der Waals surface area contributed by atoms with Crippen LogP contribution in [0.4, 0.5) is 10.2 Å². The Hall–Kier alpha value is -0.230. The van der Waals surface area contributed by atoms with Crippen LogP contribution in [0.25, 0.3) is 10.9 Å². The molecule has 1 saturated heterocycles. The normalized spacial score (nSPS) is 21.2. The molecule has 10 heteroatoms. The highest BCUT2D eigenvalue weighted by molar-refractivity contribution is 14.1. The molecule has 0 radical (unpaired) electrons.